The van der Waals surface area contributed by atoms with E-state index < -0.39 is 15.8 Å². The summed E-state index contributed by atoms with van der Waals surface area (Å²) in [4.78, 5) is 40.4. The molecule has 2 N–H and O–H groups in total. The summed E-state index contributed by atoms with van der Waals surface area (Å²) in [5, 5.41) is 0. The minimum absolute atomic E-state index is 0.0173. The van der Waals surface area contributed by atoms with Crippen LogP contribution in [-0.2, 0) is 34.3 Å². The summed E-state index contributed by atoms with van der Waals surface area (Å²) < 4.78 is 42.1. The molecule has 3 rings (SSSR count). The fourth-order valence-corrected chi connectivity index (χ4v) is 6.91. The van der Waals surface area contributed by atoms with Gasteiger partial charge in [0.05, 0.1) is 12.5 Å². The third-order valence-corrected chi connectivity index (χ3v) is 8.64. The number of Topliss-reactive ketones (excluding diaryl/α,β-unsaturated/α-hetero) is 1. The van der Waals surface area contributed by atoms with Crippen LogP contribution in [0.4, 0.5) is 0 Å². The van der Waals surface area contributed by atoms with Gasteiger partial charge >= 0.3 is 22.3 Å². The zero-order chi connectivity index (χ0) is 27.5. The van der Waals surface area contributed by atoms with E-state index in [1.54, 1.807) is 6.08 Å². The van der Waals surface area contributed by atoms with Crippen molar-refractivity contribution in [2.45, 2.75) is 59.3 Å². The number of hydrogen-bond acceptors (Lipinski definition) is 8. The monoisotopic (exact) mass is 531 g/mol. The van der Waals surface area contributed by atoms with Crippen molar-refractivity contribution in [3.63, 3.8) is 0 Å². The zero-order valence-electron chi connectivity index (χ0n) is 22.2. The number of fused-ring (bicyclic) bond motifs is 3. The summed E-state index contributed by atoms with van der Waals surface area (Å²) >= 11 is 0. The number of hydrogen-bond donors (Lipinski definition) is 2. The highest BCUT2D eigenvalue weighted by Crippen LogP contribution is 2.64. The number of nitrogens with zero attached hydrogens (tertiary/aromatic N) is 1. The molecule has 0 aromatic carbocycles. The van der Waals surface area contributed by atoms with Crippen LogP contribution < -0.4 is 0 Å². The molecule has 0 aromatic heterocycles. The summed E-state index contributed by atoms with van der Waals surface area (Å²) in [5.74, 6) is -0.0650. The summed E-state index contributed by atoms with van der Waals surface area (Å²) in [6.45, 7) is 7.42. The number of methoxy groups -OCH3 is 1. The number of allylic oxidation sites excluding steroid dienone is 1. The standard InChI is InChI=1S/C25H39NO5.H2O4S/c1-16-17(14-21(28)31-13-12-26(4)5)8-9-18-22(16)19(27)15-20-24(18,2)10-7-11-25(20,3)23(29)30-6;1-5(2,3)4/h14,16,18,20,22H,7-13,15H2,1-6H3;(H2,1,2,3,4)/b17-14+;/t16-,18-,20+,22-,24+,25-;/m0./s1. The van der Waals surface area contributed by atoms with Crippen molar-refractivity contribution in [2.75, 3.05) is 34.4 Å². The van der Waals surface area contributed by atoms with Crippen LogP contribution >= 0.6 is 0 Å². The maximum atomic E-state index is 13.4. The molecule has 36 heavy (non-hydrogen) atoms. The smallest absolute Gasteiger partial charge is 0.394 e. The van der Waals surface area contributed by atoms with Crippen LogP contribution in [-0.4, -0.2) is 74.5 Å². The van der Waals surface area contributed by atoms with E-state index in [9.17, 15) is 14.4 Å². The number of carbonyl (C=O) groups excluding carboxylic acids is 3. The third kappa shape index (κ3) is 6.93. The fraction of sp³-hybridized carbons (Fsp3) is 0.800. The molecule has 10 nitrogen and oxygen atoms in total. The minimum Gasteiger partial charge on any atom is -0.469 e. The zero-order valence-corrected chi connectivity index (χ0v) is 23.0. The molecular weight excluding hydrogens is 490 g/mol. The summed E-state index contributed by atoms with van der Waals surface area (Å²) in [7, 11) is 0.660. The van der Waals surface area contributed by atoms with E-state index >= 15 is 0 Å². The molecule has 3 aliphatic carbocycles. The molecule has 206 valence electrons. The molecule has 0 heterocycles. The highest BCUT2D eigenvalue weighted by atomic mass is 32.3. The van der Waals surface area contributed by atoms with Gasteiger partial charge in [0, 0.05) is 25.0 Å². The van der Waals surface area contributed by atoms with Gasteiger partial charge in [-0.25, -0.2) is 4.79 Å². The van der Waals surface area contributed by atoms with Crippen LogP contribution in [0.5, 0.6) is 0 Å². The molecule has 0 spiro atoms. The van der Waals surface area contributed by atoms with Crippen molar-refractivity contribution in [2.24, 2.45) is 34.5 Å². The Labute approximate surface area is 214 Å². The van der Waals surface area contributed by atoms with E-state index in [4.69, 9.17) is 27.0 Å². The van der Waals surface area contributed by atoms with E-state index in [1.807, 2.05) is 25.9 Å². The second kappa shape index (κ2) is 11.7. The molecule has 3 aliphatic rings. The fourth-order valence-electron chi connectivity index (χ4n) is 6.91. The molecule has 3 saturated carbocycles. The average Bonchev–Trinajstić information content (AvgIpc) is 2.75. The molecule has 0 saturated heterocycles. The summed E-state index contributed by atoms with van der Waals surface area (Å²) in [6.07, 6.45) is 6.52. The van der Waals surface area contributed by atoms with Gasteiger partial charge < -0.3 is 14.4 Å². The average molecular weight is 532 g/mol. The van der Waals surface area contributed by atoms with Gasteiger partial charge in [0.25, 0.3) is 0 Å². The topological polar surface area (TPSA) is 148 Å². The van der Waals surface area contributed by atoms with E-state index in [-0.39, 0.29) is 46.8 Å². The summed E-state index contributed by atoms with van der Waals surface area (Å²) in [6, 6.07) is 0. The van der Waals surface area contributed by atoms with Gasteiger partial charge in [0.1, 0.15) is 12.4 Å². The lowest BCUT2D eigenvalue weighted by Crippen LogP contribution is -2.59. The predicted octanol–water partition coefficient (Wildman–Crippen LogP) is 2.99. The Kier molecular flexibility index (Phi) is 9.89. The Hall–Kier alpha value is -1.82. The van der Waals surface area contributed by atoms with Crippen molar-refractivity contribution >= 4 is 28.1 Å². The molecule has 0 amide bonds. The van der Waals surface area contributed by atoms with Crippen LogP contribution in [0.15, 0.2) is 11.6 Å². The number of likely N-dealkylation sites (N-methyl/N-ethyl adjacent to an activating group) is 1. The van der Waals surface area contributed by atoms with Gasteiger partial charge in [-0.3, -0.25) is 18.7 Å². The largest absolute Gasteiger partial charge is 0.469 e. The van der Waals surface area contributed by atoms with Crippen LogP contribution in [0.2, 0.25) is 0 Å². The number of ketones is 1. The van der Waals surface area contributed by atoms with Crippen LogP contribution in [0, 0.1) is 34.5 Å². The summed E-state index contributed by atoms with van der Waals surface area (Å²) in [5.41, 5.74) is 0.363. The van der Waals surface area contributed by atoms with Crippen LogP contribution in [0.1, 0.15) is 59.3 Å². The Morgan fingerprint density at radius 2 is 1.81 bits per heavy atom. The lowest BCUT2D eigenvalue weighted by Gasteiger charge is -2.60. The van der Waals surface area contributed by atoms with Gasteiger partial charge in [-0.1, -0.05) is 25.8 Å². The number of ether oxygens (including phenoxy) is 2. The maximum Gasteiger partial charge on any atom is 0.394 e. The molecular formula is C25H41NO9S. The third-order valence-electron chi connectivity index (χ3n) is 8.64. The molecule has 6 atom stereocenters. The van der Waals surface area contributed by atoms with E-state index in [0.717, 1.165) is 37.7 Å². The first-order valence-electron chi connectivity index (χ1n) is 12.4. The quantitative estimate of drug-likeness (QED) is 0.308. The Balaban J connectivity index is 0.000000830. The van der Waals surface area contributed by atoms with Crippen molar-refractivity contribution in [3.05, 3.63) is 11.6 Å². The van der Waals surface area contributed by atoms with Gasteiger partial charge in [0.2, 0.25) is 0 Å². The second-order valence-electron chi connectivity index (χ2n) is 11.1. The molecule has 0 radical (unpaired) electrons. The normalized spacial score (nSPS) is 35.2. The van der Waals surface area contributed by atoms with E-state index in [1.165, 1.54) is 7.11 Å². The Morgan fingerprint density at radius 3 is 2.36 bits per heavy atom. The Bertz CT molecular complexity index is 968. The van der Waals surface area contributed by atoms with Crippen molar-refractivity contribution < 1.29 is 41.4 Å². The Morgan fingerprint density at radius 1 is 1.19 bits per heavy atom. The predicted molar refractivity (Wildman–Crippen MR) is 132 cm³/mol. The first-order valence-corrected chi connectivity index (χ1v) is 13.8. The molecule has 0 unspecified atom stereocenters. The SMILES string of the molecule is COC(=O)[C@@]1(C)CCC[C@@]2(C)[C@H]1CC(=O)[C@H]1[C@@H](C)/C(=C/C(=O)OCCN(C)C)CC[C@@H]12.O=S(=O)(O)O. The number of rotatable bonds is 5. The van der Waals surface area contributed by atoms with Crippen molar-refractivity contribution in [1.29, 1.82) is 0 Å². The lowest BCUT2D eigenvalue weighted by atomic mass is 9.43. The molecule has 0 aliphatic heterocycles. The number of esters is 2. The highest BCUT2D eigenvalue weighted by Gasteiger charge is 2.62. The van der Waals surface area contributed by atoms with Crippen molar-refractivity contribution in [3.8, 4) is 0 Å². The van der Waals surface area contributed by atoms with Gasteiger partial charge in [0.15, 0.2) is 0 Å². The van der Waals surface area contributed by atoms with Crippen LogP contribution in [0.25, 0.3) is 0 Å². The first kappa shape index (κ1) is 30.4. The van der Waals surface area contributed by atoms with E-state index in [2.05, 4.69) is 13.8 Å². The van der Waals surface area contributed by atoms with Gasteiger partial charge in [-0.05, 0) is 69.9 Å². The molecule has 0 bridgehead atoms. The number of carbonyl (C=O) groups is 3. The van der Waals surface area contributed by atoms with Crippen molar-refractivity contribution in [1.82, 2.24) is 4.90 Å². The molecule has 11 heteroatoms. The minimum atomic E-state index is -4.67. The first-order chi connectivity index (χ1) is 16.5. The second-order valence-corrected chi connectivity index (χ2v) is 12.0. The van der Waals surface area contributed by atoms with E-state index in [0.29, 0.717) is 19.6 Å². The molecule has 3 fully saturated rings. The molecule has 0 aromatic rings. The highest BCUT2D eigenvalue weighted by molar-refractivity contribution is 7.79. The van der Waals surface area contributed by atoms with Crippen LogP contribution in [0.3, 0.4) is 0 Å². The lowest BCUT2D eigenvalue weighted by molar-refractivity contribution is -0.178. The maximum absolute atomic E-state index is 13.4. The van der Waals surface area contributed by atoms with Gasteiger partial charge in [-0.2, -0.15) is 8.42 Å². The van der Waals surface area contributed by atoms with Gasteiger partial charge in [-0.15, -0.1) is 0 Å².